The van der Waals surface area contributed by atoms with Gasteiger partial charge in [0.2, 0.25) is 0 Å². The van der Waals surface area contributed by atoms with Crippen molar-refractivity contribution in [3.8, 4) is 5.75 Å². The van der Waals surface area contributed by atoms with Crippen molar-refractivity contribution in [1.29, 1.82) is 0 Å². The zero-order valence-corrected chi connectivity index (χ0v) is 12.2. The van der Waals surface area contributed by atoms with Gasteiger partial charge in [-0.25, -0.2) is 0 Å². The average Bonchev–Trinajstić information content (AvgIpc) is 2.27. The number of benzene rings is 1. The number of rotatable bonds is 4. The summed E-state index contributed by atoms with van der Waals surface area (Å²) in [5, 5.41) is 9.51. The van der Waals surface area contributed by atoms with Gasteiger partial charge in [0.25, 0.3) is 0 Å². The van der Waals surface area contributed by atoms with Crippen molar-refractivity contribution in [2.45, 2.75) is 37.8 Å². The Morgan fingerprint density at radius 1 is 1.05 bits per heavy atom. The van der Waals surface area contributed by atoms with E-state index in [1.807, 2.05) is 0 Å². The number of hydrogen-bond donors (Lipinski definition) is 2. The first-order chi connectivity index (χ1) is 9.43. The Hall–Kier alpha value is -1.22. The molecule has 0 aliphatic heterocycles. The second-order valence-corrected chi connectivity index (χ2v) is 7.03. The Morgan fingerprint density at radius 3 is 2.05 bits per heavy atom. The number of aromatic hydroxyl groups is 1. The Balaban J connectivity index is 3.23. The molecule has 1 atom stereocenters. The normalized spacial score (nSPS) is 14.3. The number of alkyl halides is 6. The van der Waals surface area contributed by atoms with Gasteiger partial charge in [0.15, 0.2) is 9.04 Å². The average molecular weight is 332 g/mol. The maximum atomic E-state index is 12.9. The second-order valence-electron chi connectivity index (χ2n) is 4.76. The molecule has 0 aromatic heterocycles. The Kier molecular flexibility index (Phi) is 5.32. The minimum Gasteiger partial charge on any atom is -0.508 e. The minimum absolute atomic E-state index is 0.00879. The molecule has 2 nitrogen and oxygen atoms in total. The fraction of sp³-hybridized carbons (Fsp3) is 0.500. The zero-order valence-electron chi connectivity index (χ0n) is 11.0. The summed E-state index contributed by atoms with van der Waals surface area (Å²) in [4.78, 5) is 9.19. The molecule has 0 heterocycles. The zero-order chi connectivity index (χ0) is 16.4. The van der Waals surface area contributed by atoms with E-state index in [4.69, 9.17) is 0 Å². The van der Waals surface area contributed by atoms with Gasteiger partial charge in [-0.2, -0.15) is 26.3 Å². The lowest BCUT2D eigenvalue weighted by Gasteiger charge is -2.17. The molecule has 0 aliphatic carbocycles. The van der Waals surface area contributed by atoms with Crippen LogP contribution in [0.2, 0.25) is 12.6 Å². The van der Waals surface area contributed by atoms with E-state index in [0.29, 0.717) is 12.1 Å². The van der Waals surface area contributed by atoms with Gasteiger partial charge in [0.1, 0.15) is 5.75 Å². The van der Waals surface area contributed by atoms with Gasteiger partial charge in [0, 0.05) is 5.56 Å². The predicted molar refractivity (Wildman–Crippen MR) is 66.5 cm³/mol. The molecule has 0 spiro atoms. The van der Waals surface area contributed by atoms with Gasteiger partial charge < -0.3 is 9.90 Å². The first kappa shape index (κ1) is 17.8. The molecule has 0 saturated carbocycles. The highest BCUT2D eigenvalue weighted by molar-refractivity contribution is 6.48. The summed E-state index contributed by atoms with van der Waals surface area (Å²) in [6.45, 7) is 1.58. The van der Waals surface area contributed by atoms with Crippen LogP contribution in [0.5, 0.6) is 5.75 Å². The summed E-state index contributed by atoms with van der Waals surface area (Å²) < 4.78 is 76.1. The van der Waals surface area contributed by atoms with E-state index in [0.717, 1.165) is 0 Å². The third-order valence-corrected chi connectivity index (χ3v) is 4.15. The topological polar surface area (TPSA) is 40.5 Å². The van der Waals surface area contributed by atoms with Crippen molar-refractivity contribution in [2.24, 2.45) is 0 Å². The highest BCUT2D eigenvalue weighted by atomic mass is 28.3. The van der Waals surface area contributed by atoms with E-state index >= 15 is 0 Å². The minimum atomic E-state index is -4.99. The largest absolute Gasteiger partial charge is 0.508 e. The van der Waals surface area contributed by atoms with Crippen molar-refractivity contribution < 1.29 is 36.2 Å². The molecule has 1 aromatic rings. The molecule has 9 heteroatoms. The van der Waals surface area contributed by atoms with E-state index in [1.165, 1.54) is 0 Å². The Bertz CT molecular complexity index is 496. The van der Waals surface area contributed by atoms with Gasteiger partial charge in [-0.15, -0.1) is 0 Å². The smallest absolute Gasteiger partial charge is 0.416 e. The van der Waals surface area contributed by atoms with Crippen LogP contribution in [0.3, 0.4) is 0 Å². The van der Waals surface area contributed by atoms with Gasteiger partial charge in [-0.05, 0) is 37.6 Å². The molecular formula is C12H14F6O2Si. The molecule has 120 valence electrons. The van der Waals surface area contributed by atoms with E-state index in [-0.39, 0.29) is 18.9 Å². The molecule has 21 heavy (non-hydrogen) atoms. The summed E-state index contributed by atoms with van der Waals surface area (Å²) in [6, 6.07) is 0.622. The van der Waals surface area contributed by atoms with Crippen LogP contribution >= 0.6 is 0 Å². The molecule has 0 amide bonds. The fourth-order valence-electron chi connectivity index (χ4n) is 1.91. The first-order valence-corrected chi connectivity index (χ1v) is 8.60. The van der Waals surface area contributed by atoms with Gasteiger partial charge >= 0.3 is 12.4 Å². The highest BCUT2D eigenvalue weighted by Crippen LogP contribution is 2.41. The SMILES string of the molecule is C[SiH](O)CCCc1c(O)cc(C(F)(F)F)cc1C(F)(F)F. The lowest BCUT2D eigenvalue weighted by atomic mass is 9.98. The maximum absolute atomic E-state index is 12.9. The Morgan fingerprint density at radius 2 is 1.62 bits per heavy atom. The second kappa shape index (κ2) is 6.26. The Labute approximate surface area is 118 Å². The van der Waals surface area contributed by atoms with Crippen LogP contribution in [0.4, 0.5) is 26.3 Å². The third-order valence-electron chi connectivity index (χ3n) is 2.91. The molecule has 1 rings (SSSR count). The quantitative estimate of drug-likeness (QED) is 0.652. The van der Waals surface area contributed by atoms with Gasteiger partial charge in [-0.1, -0.05) is 0 Å². The van der Waals surface area contributed by atoms with Crippen molar-refractivity contribution in [1.82, 2.24) is 0 Å². The van der Waals surface area contributed by atoms with Crippen LogP contribution in [0.1, 0.15) is 23.1 Å². The summed E-state index contributed by atoms with van der Waals surface area (Å²) in [5.74, 6) is -1.02. The molecule has 0 radical (unpaired) electrons. The van der Waals surface area contributed by atoms with E-state index in [9.17, 15) is 36.2 Å². The number of hydrogen-bond acceptors (Lipinski definition) is 2. The molecule has 2 N–H and O–H groups in total. The summed E-state index contributed by atoms with van der Waals surface area (Å²) >= 11 is 0. The summed E-state index contributed by atoms with van der Waals surface area (Å²) in [7, 11) is -1.97. The van der Waals surface area contributed by atoms with Crippen molar-refractivity contribution in [2.75, 3.05) is 0 Å². The molecule has 1 aromatic carbocycles. The molecule has 0 bridgehead atoms. The predicted octanol–water partition coefficient (Wildman–Crippen LogP) is 3.71. The molecular weight excluding hydrogens is 318 g/mol. The molecule has 0 fully saturated rings. The molecule has 1 unspecified atom stereocenters. The van der Waals surface area contributed by atoms with Gasteiger partial charge in [0.05, 0.1) is 11.1 Å². The summed E-state index contributed by atoms with van der Waals surface area (Å²) in [6.07, 6.45) is -10.0. The van der Waals surface area contributed by atoms with Crippen molar-refractivity contribution in [3.05, 3.63) is 28.8 Å². The van der Waals surface area contributed by atoms with Crippen LogP contribution < -0.4 is 0 Å². The highest BCUT2D eigenvalue weighted by Gasteiger charge is 2.39. The first-order valence-electron chi connectivity index (χ1n) is 6.11. The van der Waals surface area contributed by atoms with Crippen LogP contribution in [-0.4, -0.2) is 18.9 Å². The van der Waals surface area contributed by atoms with E-state index in [1.54, 1.807) is 6.55 Å². The number of phenols is 1. The van der Waals surface area contributed by atoms with Crippen LogP contribution in [0, 0.1) is 0 Å². The van der Waals surface area contributed by atoms with Crippen LogP contribution in [0.25, 0.3) is 0 Å². The molecule has 0 saturated heterocycles. The maximum Gasteiger partial charge on any atom is 0.416 e. The van der Waals surface area contributed by atoms with Crippen LogP contribution in [0.15, 0.2) is 12.1 Å². The third kappa shape index (κ3) is 4.92. The lowest BCUT2D eigenvalue weighted by molar-refractivity contribution is -0.143. The molecule has 0 aliphatic rings. The van der Waals surface area contributed by atoms with Crippen LogP contribution in [-0.2, 0) is 18.8 Å². The van der Waals surface area contributed by atoms with Gasteiger partial charge in [-0.3, -0.25) is 0 Å². The monoisotopic (exact) mass is 332 g/mol. The fourth-order valence-corrected chi connectivity index (χ4v) is 2.71. The summed E-state index contributed by atoms with van der Waals surface area (Å²) in [5.41, 5.74) is -3.59. The van der Waals surface area contributed by atoms with E-state index < -0.39 is 43.8 Å². The van der Waals surface area contributed by atoms with E-state index in [2.05, 4.69) is 0 Å². The standard InChI is InChI=1S/C12H14F6O2Si/c1-21(20)4-2-3-8-9(12(16,17)18)5-7(6-10(8)19)11(13,14)15/h5-6,19-21H,2-4H2,1H3. The van der Waals surface area contributed by atoms with Crippen molar-refractivity contribution in [3.63, 3.8) is 0 Å². The lowest BCUT2D eigenvalue weighted by Crippen LogP contribution is -2.14. The van der Waals surface area contributed by atoms with Crippen molar-refractivity contribution >= 4 is 9.04 Å². The number of phenolic OH excluding ortho intramolecular Hbond substituents is 1. The number of halogens is 6.